The predicted octanol–water partition coefficient (Wildman–Crippen LogP) is 1.16. The highest BCUT2D eigenvalue weighted by Crippen LogP contribution is 2.20. The molecule has 0 atom stereocenters. The first-order chi connectivity index (χ1) is 12.0. The first kappa shape index (κ1) is 19.4. The third-order valence-electron chi connectivity index (χ3n) is 4.79. The molecule has 1 amide bonds. The number of piperazine rings is 1. The summed E-state index contributed by atoms with van der Waals surface area (Å²) in [4.78, 5) is 18.9. The molecule has 0 saturated carbocycles. The summed E-state index contributed by atoms with van der Waals surface area (Å²) in [5.74, 6) is 0.0362. The second-order valence-electron chi connectivity index (χ2n) is 6.56. The van der Waals surface area contributed by atoms with Crippen molar-refractivity contribution >= 4 is 11.6 Å². The van der Waals surface area contributed by atoms with Crippen LogP contribution in [0.3, 0.4) is 0 Å². The van der Waals surface area contributed by atoms with E-state index in [4.69, 9.17) is 10.4 Å². The number of aliphatic hydroxyl groups excluding tert-OH is 1. The molecule has 6 heteroatoms. The lowest BCUT2D eigenvalue weighted by Crippen LogP contribution is -2.50. The summed E-state index contributed by atoms with van der Waals surface area (Å²) in [6, 6.07) is 8.13. The van der Waals surface area contributed by atoms with Gasteiger partial charge in [-0.25, -0.2) is 0 Å². The molecular weight excluding hydrogens is 316 g/mol. The Bertz CT molecular complexity index is 618. The molecule has 1 N–H and O–H groups in total. The van der Waals surface area contributed by atoms with E-state index in [1.165, 1.54) is 5.56 Å². The number of carbonyl (C=O) groups is 1. The number of aryl methyl sites for hydroxylation is 2. The van der Waals surface area contributed by atoms with Crippen molar-refractivity contribution in [3.8, 4) is 6.07 Å². The fourth-order valence-corrected chi connectivity index (χ4v) is 3.04. The Hall–Kier alpha value is -1.94. The van der Waals surface area contributed by atoms with E-state index in [0.29, 0.717) is 26.1 Å². The van der Waals surface area contributed by atoms with E-state index in [1.54, 1.807) is 4.90 Å². The molecule has 0 bridgehead atoms. The van der Waals surface area contributed by atoms with E-state index < -0.39 is 0 Å². The van der Waals surface area contributed by atoms with Gasteiger partial charge in [0.2, 0.25) is 5.91 Å². The number of β-amino-alcohol motifs (C(OH)–C–C–N with tert-alkyl or cyclic N) is 1. The normalized spacial score (nSPS) is 15.8. The Balaban J connectivity index is 2.01. The second kappa shape index (κ2) is 9.52. The highest BCUT2D eigenvalue weighted by atomic mass is 16.3. The van der Waals surface area contributed by atoms with E-state index in [9.17, 15) is 4.79 Å². The van der Waals surface area contributed by atoms with Crippen LogP contribution in [0.15, 0.2) is 18.2 Å². The van der Waals surface area contributed by atoms with Gasteiger partial charge < -0.3 is 10.0 Å². The molecule has 0 radical (unpaired) electrons. The number of benzene rings is 1. The molecule has 1 saturated heterocycles. The van der Waals surface area contributed by atoms with Gasteiger partial charge in [0.25, 0.3) is 0 Å². The number of nitrogens with zero attached hydrogens (tertiary/aromatic N) is 4. The first-order valence-electron chi connectivity index (χ1n) is 8.85. The van der Waals surface area contributed by atoms with Gasteiger partial charge in [0.15, 0.2) is 0 Å². The van der Waals surface area contributed by atoms with Gasteiger partial charge in [-0.2, -0.15) is 5.26 Å². The lowest BCUT2D eigenvalue weighted by molar-refractivity contribution is -0.120. The summed E-state index contributed by atoms with van der Waals surface area (Å²) in [6.45, 7) is 9.12. The van der Waals surface area contributed by atoms with E-state index in [1.807, 2.05) is 32.0 Å². The molecule has 1 aliphatic rings. The molecule has 1 heterocycles. The third kappa shape index (κ3) is 5.53. The van der Waals surface area contributed by atoms with Crippen LogP contribution in [-0.2, 0) is 4.79 Å². The molecule has 1 fully saturated rings. The van der Waals surface area contributed by atoms with Crippen LogP contribution in [0, 0.1) is 25.2 Å². The summed E-state index contributed by atoms with van der Waals surface area (Å²) >= 11 is 0. The number of anilines is 1. The molecule has 2 rings (SSSR count). The van der Waals surface area contributed by atoms with Crippen LogP contribution in [0.2, 0.25) is 0 Å². The van der Waals surface area contributed by atoms with E-state index >= 15 is 0 Å². The Labute approximate surface area is 150 Å². The zero-order valence-electron chi connectivity index (χ0n) is 15.2. The Kier molecular flexibility index (Phi) is 7.38. The maximum atomic E-state index is 12.8. The molecule has 1 aromatic carbocycles. The minimum absolute atomic E-state index is 0.0362. The van der Waals surface area contributed by atoms with Crippen LogP contribution in [0.1, 0.15) is 17.5 Å². The molecule has 0 aromatic heterocycles. The minimum Gasteiger partial charge on any atom is -0.395 e. The van der Waals surface area contributed by atoms with Gasteiger partial charge in [0.1, 0.15) is 0 Å². The SMILES string of the molecule is Cc1ccc(N(CCC#N)C(=O)CN2CCN(CCO)CC2)cc1C. The fourth-order valence-electron chi connectivity index (χ4n) is 3.04. The number of amides is 1. The summed E-state index contributed by atoms with van der Waals surface area (Å²) < 4.78 is 0. The molecule has 0 aliphatic carbocycles. The lowest BCUT2D eigenvalue weighted by Gasteiger charge is -2.35. The van der Waals surface area contributed by atoms with Gasteiger partial charge >= 0.3 is 0 Å². The Morgan fingerprint density at radius 2 is 1.88 bits per heavy atom. The predicted molar refractivity (Wildman–Crippen MR) is 98.5 cm³/mol. The van der Waals surface area contributed by atoms with Crippen molar-refractivity contribution in [1.29, 1.82) is 5.26 Å². The van der Waals surface area contributed by atoms with Gasteiger partial charge in [0.05, 0.1) is 25.6 Å². The van der Waals surface area contributed by atoms with Gasteiger partial charge in [-0.15, -0.1) is 0 Å². The summed E-state index contributed by atoms with van der Waals surface area (Å²) in [6.07, 6.45) is 0.322. The largest absolute Gasteiger partial charge is 0.395 e. The molecule has 6 nitrogen and oxygen atoms in total. The molecule has 0 spiro atoms. The topological polar surface area (TPSA) is 70.8 Å². The number of carbonyl (C=O) groups excluding carboxylic acids is 1. The zero-order valence-corrected chi connectivity index (χ0v) is 15.2. The van der Waals surface area contributed by atoms with Crippen molar-refractivity contribution in [2.75, 3.05) is 57.3 Å². The molecular formula is C19H28N4O2. The van der Waals surface area contributed by atoms with Gasteiger partial charge in [-0.05, 0) is 37.1 Å². The standard InChI is InChI=1S/C19H28N4O2/c1-16-4-5-18(14-17(16)2)23(7-3-6-20)19(25)15-22-10-8-21(9-11-22)12-13-24/h4-5,14,24H,3,7-13,15H2,1-2H3. The highest BCUT2D eigenvalue weighted by Gasteiger charge is 2.22. The van der Waals surface area contributed by atoms with Crippen LogP contribution in [0.5, 0.6) is 0 Å². The van der Waals surface area contributed by atoms with Crippen molar-refractivity contribution in [3.63, 3.8) is 0 Å². The van der Waals surface area contributed by atoms with Crippen molar-refractivity contribution in [2.24, 2.45) is 0 Å². The zero-order chi connectivity index (χ0) is 18.2. The molecule has 136 valence electrons. The summed E-state index contributed by atoms with van der Waals surface area (Å²) in [5, 5.41) is 17.9. The van der Waals surface area contributed by atoms with Gasteiger partial charge in [-0.1, -0.05) is 6.07 Å². The summed E-state index contributed by atoms with van der Waals surface area (Å²) in [5.41, 5.74) is 3.20. The number of rotatable bonds is 7. The number of hydrogen-bond donors (Lipinski definition) is 1. The Morgan fingerprint density at radius 1 is 1.20 bits per heavy atom. The molecule has 0 unspecified atom stereocenters. The maximum Gasteiger partial charge on any atom is 0.241 e. The van der Waals surface area contributed by atoms with Crippen LogP contribution in [0.4, 0.5) is 5.69 Å². The van der Waals surface area contributed by atoms with Crippen molar-refractivity contribution in [3.05, 3.63) is 29.3 Å². The second-order valence-corrected chi connectivity index (χ2v) is 6.56. The number of hydrogen-bond acceptors (Lipinski definition) is 5. The quantitative estimate of drug-likeness (QED) is 0.804. The van der Waals surface area contributed by atoms with Crippen molar-refractivity contribution in [2.45, 2.75) is 20.3 Å². The van der Waals surface area contributed by atoms with Gasteiger partial charge in [-0.3, -0.25) is 14.6 Å². The van der Waals surface area contributed by atoms with Crippen molar-refractivity contribution < 1.29 is 9.90 Å². The smallest absolute Gasteiger partial charge is 0.241 e. The Morgan fingerprint density at radius 3 is 2.48 bits per heavy atom. The first-order valence-corrected chi connectivity index (χ1v) is 8.85. The average Bonchev–Trinajstić information content (AvgIpc) is 2.60. The fraction of sp³-hybridized carbons (Fsp3) is 0.579. The van der Waals surface area contributed by atoms with Gasteiger partial charge in [0, 0.05) is 45.0 Å². The maximum absolute atomic E-state index is 12.8. The van der Waals surface area contributed by atoms with Crippen LogP contribution >= 0.6 is 0 Å². The van der Waals surface area contributed by atoms with E-state index in [-0.39, 0.29) is 12.5 Å². The lowest BCUT2D eigenvalue weighted by atomic mass is 10.1. The monoisotopic (exact) mass is 344 g/mol. The van der Waals surface area contributed by atoms with Crippen molar-refractivity contribution in [1.82, 2.24) is 9.80 Å². The average molecular weight is 344 g/mol. The number of aliphatic hydroxyl groups is 1. The summed E-state index contributed by atoms with van der Waals surface area (Å²) in [7, 11) is 0. The molecule has 1 aliphatic heterocycles. The van der Waals surface area contributed by atoms with Crippen LogP contribution in [-0.4, -0.2) is 73.2 Å². The van der Waals surface area contributed by atoms with E-state index in [2.05, 4.69) is 15.9 Å². The third-order valence-corrected chi connectivity index (χ3v) is 4.79. The number of nitriles is 1. The highest BCUT2D eigenvalue weighted by molar-refractivity contribution is 5.95. The van der Waals surface area contributed by atoms with Crippen LogP contribution in [0.25, 0.3) is 0 Å². The van der Waals surface area contributed by atoms with E-state index in [0.717, 1.165) is 37.4 Å². The molecule has 25 heavy (non-hydrogen) atoms. The molecule has 1 aromatic rings. The van der Waals surface area contributed by atoms with Crippen LogP contribution < -0.4 is 4.90 Å². The minimum atomic E-state index is 0.0362.